The summed E-state index contributed by atoms with van der Waals surface area (Å²) in [6.45, 7) is 5.13. The van der Waals surface area contributed by atoms with Crippen LogP contribution < -0.4 is 11.3 Å². The zero-order valence-electron chi connectivity index (χ0n) is 24.1. The van der Waals surface area contributed by atoms with Crippen LogP contribution in [0.5, 0.6) is 0 Å². The van der Waals surface area contributed by atoms with Gasteiger partial charge in [-0.25, -0.2) is 9.78 Å². The highest BCUT2D eigenvalue weighted by Crippen LogP contribution is 2.32. The maximum atomic E-state index is 14.0. The smallest absolute Gasteiger partial charge is 0.475 e. The summed E-state index contributed by atoms with van der Waals surface area (Å²) in [4.78, 5) is 27.7. The van der Waals surface area contributed by atoms with Gasteiger partial charge in [0.25, 0.3) is 5.56 Å². The van der Waals surface area contributed by atoms with Crippen LogP contribution in [0.2, 0.25) is 10.0 Å². The minimum absolute atomic E-state index is 0.210. The summed E-state index contributed by atoms with van der Waals surface area (Å²) in [6, 6.07) is 20.8. The lowest BCUT2D eigenvalue weighted by molar-refractivity contribution is -0.192. The van der Waals surface area contributed by atoms with Gasteiger partial charge < -0.3 is 20.0 Å². The number of carbonyl (C=O) groups is 1. The van der Waals surface area contributed by atoms with E-state index in [0.717, 1.165) is 28.5 Å². The third kappa shape index (κ3) is 7.84. The van der Waals surface area contributed by atoms with Gasteiger partial charge in [0.05, 0.1) is 32.7 Å². The third-order valence-corrected chi connectivity index (χ3v) is 7.62. The summed E-state index contributed by atoms with van der Waals surface area (Å²) >= 11 is 12.7. The molecule has 0 fully saturated rings. The molecule has 1 atom stereocenters. The zero-order valence-corrected chi connectivity index (χ0v) is 25.7. The summed E-state index contributed by atoms with van der Waals surface area (Å²) in [7, 11) is 0. The van der Waals surface area contributed by atoms with Crippen molar-refractivity contribution < 1.29 is 23.1 Å². The number of rotatable bonds is 7. The van der Waals surface area contributed by atoms with E-state index in [1.54, 1.807) is 28.8 Å². The van der Waals surface area contributed by atoms with Gasteiger partial charge in [-0.2, -0.15) is 18.4 Å². The molecule has 1 unspecified atom stereocenters. The van der Waals surface area contributed by atoms with Gasteiger partial charge in [0.15, 0.2) is 0 Å². The second-order valence-corrected chi connectivity index (χ2v) is 11.6. The van der Waals surface area contributed by atoms with E-state index in [1.807, 2.05) is 42.6 Å². The average molecular weight is 659 g/mol. The molecule has 45 heavy (non-hydrogen) atoms. The molecule has 3 N–H and O–H groups in total. The Kier molecular flexibility index (Phi) is 10.2. The van der Waals surface area contributed by atoms with Gasteiger partial charge in [0, 0.05) is 41.8 Å². The van der Waals surface area contributed by atoms with Crippen LogP contribution in [0.4, 0.5) is 13.2 Å². The van der Waals surface area contributed by atoms with Gasteiger partial charge in [-0.1, -0.05) is 67.4 Å². The molecule has 234 valence electrons. The Morgan fingerprint density at radius 3 is 2.29 bits per heavy atom. The Morgan fingerprint density at radius 2 is 1.69 bits per heavy atom. The number of carboxylic acids is 1. The van der Waals surface area contributed by atoms with E-state index in [-0.39, 0.29) is 11.6 Å². The Labute approximate surface area is 266 Å². The van der Waals surface area contributed by atoms with Crippen molar-refractivity contribution in [1.82, 2.24) is 14.1 Å². The summed E-state index contributed by atoms with van der Waals surface area (Å²) in [5.41, 5.74) is 11.1. The number of benzene rings is 3. The molecule has 3 aromatic carbocycles. The monoisotopic (exact) mass is 657 g/mol. The van der Waals surface area contributed by atoms with Crippen molar-refractivity contribution in [2.45, 2.75) is 45.6 Å². The first-order valence-corrected chi connectivity index (χ1v) is 14.5. The summed E-state index contributed by atoms with van der Waals surface area (Å²) in [5.74, 6) is -2.36. The first-order chi connectivity index (χ1) is 21.2. The molecule has 8 nitrogen and oxygen atoms in total. The number of nitrogens with zero attached hydrogens (tertiary/aromatic N) is 4. The molecule has 5 aromatic rings. The van der Waals surface area contributed by atoms with Crippen LogP contribution in [0.25, 0.3) is 33.2 Å². The maximum absolute atomic E-state index is 14.0. The number of para-hydroxylation sites is 1. The van der Waals surface area contributed by atoms with Crippen LogP contribution in [-0.4, -0.2) is 37.4 Å². The van der Waals surface area contributed by atoms with Crippen LogP contribution in [0.1, 0.15) is 31.4 Å². The molecule has 0 saturated heterocycles. The molecule has 0 amide bonds. The second-order valence-electron chi connectivity index (χ2n) is 10.8. The van der Waals surface area contributed by atoms with Gasteiger partial charge in [-0.15, -0.1) is 0 Å². The highest BCUT2D eigenvalue weighted by atomic mass is 35.5. The second kappa shape index (κ2) is 13.7. The minimum atomic E-state index is -5.08. The molecule has 0 spiro atoms. The molecule has 0 radical (unpaired) electrons. The molecule has 0 bridgehead atoms. The summed E-state index contributed by atoms with van der Waals surface area (Å²) in [6.07, 6.45) is -2.34. The largest absolute Gasteiger partial charge is 0.490 e. The molecule has 2 aromatic heterocycles. The molecule has 5 rings (SSSR count). The normalized spacial score (nSPS) is 12.2. The van der Waals surface area contributed by atoms with E-state index in [2.05, 4.69) is 24.5 Å². The Balaban J connectivity index is 0.000000591. The molecular weight excluding hydrogens is 630 g/mol. The van der Waals surface area contributed by atoms with E-state index in [9.17, 15) is 18.0 Å². The lowest BCUT2D eigenvalue weighted by Crippen LogP contribution is -2.34. The number of carboxylic acid groups (broad SMARTS) is 1. The molecule has 2 heterocycles. The lowest BCUT2D eigenvalue weighted by atomic mass is 10.0. The highest BCUT2D eigenvalue weighted by molar-refractivity contribution is 6.42. The number of hydrogen-bond acceptors (Lipinski definition) is 5. The Bertz CT molecular complexity index is 1960. The first-order valence-electron chi connectivity index (χ1n) is 13.7. The van der Waals surface area contributed by atoms with Gasteiger partial charge in [-0.05, 0) is 48.2 Å². The fraction of sp³-hybridized carbons (Fsp3) is 0.250. The lowest BCUT2D eigenvalue weighted by Gasteiger charge is -2.18. The molecule has 13 heteroatoms. The molecule has 0 aliphatic carbocycles. The number of alkyl halides is 3. The van der Waals surface area contributed by atoms with E-state index >= 15 is 0 Å². The standard InChI is InChI=1S/C30H27Cl2N5O.C2HF3O2/c1-18(2)11-21(34)16-37-28-13-25(32)24(31)12-26(28)35-29(30(37)38)23-17-36(27-6-4-3-5-22(23)27)15-20-9-7-19(14-33)8-10-20;3-2(4,5)1(6)7/h3-10,12-13,17-18,21H,11,15-16,34H2,1-2H3;(H,6,7). The van der Waals surface area contributed by atoms with Gasteiger partial charge in [0.1, 0.15) is 5.69 Å². The first kappa shape index (κ1) is 33.5. The Hall–Kier alpha value is -4.37. The van der Waals surface area contributed by atoms with E-state index in [1.165, 1.54) is 0 Å². The third-order valence-electron chi connectivity index (χ3n) is 6.90. The van der Waals surface area contributed by atoms with Gasteiger partial charge in [-0.3, -0.25) is 4.79 Å². The number of aliphatic carboxylic acids is 1. The molecular formula is C32H28Cl2F3N5O3. The number of nitrogens with two attached hydrogens (primary N) is 1. The van der Waals surface area contributed by atoms with Crippen molar-refractivity contribution in [1.29, 1.82) is 5.26 Å². The highest BCUT2D eigenvalue weighted by Gasteiger charge is 2.38. The number of aromatic nitrogens is 3. The van der Waals surface area contributed by atoms with Crippen LogP contribution >= 0.6 is 23.2 Å². The van der Waals surface area contributed by atoms with Crippen molar-refractivity contribution in [3.63, 3.8) is 0 Å². The average Bonchev–Trinajstić information content (AvgIpc) is 3.33. The van der Waals surface area contributed by atoms with E-state index in [4.69, 9.17) is 49.1 Å². The molecule has 0 aliphatic heterocycles. The van der Waals surface area contributed by atoms with E-state index in [0.29, 0.717) is 51.3 Å². The van der Waals surface area contributed by atoms with Crippen molar-refractivity contribution in [3.8, 4) is 17.3 Å². The number of halogens is 5. The van der Waals surface area contributed by atoms with Crippen LogP contribution in [0.15, 0.2) is 71.7 Å². The van der Waals surface area contributed by atoms with Crippen molar-refractivity contribution in [2.75, 3.05) is 0 Å². The van der Waals surface area contributed by atoms with Crippen molar-refractivity contribution >= 4 is 51.1 Å². The van der Waals surface area contributed by atoms with Gasteiger partial charge >= 0.3 is 12.1 Å². The van der Waals surface area contributed by atoms with Crippen LogP contribution in [0.3, 0.4) is 0 Å². The topological polar surface area (TPSA) is 127 Å². The molecule has 0 aliphatic rings. The fourth-order valence-electron chi connectivity index (χ4n) is 4.96. The number of nitriles is 1. The minimum Gasteiger partial charge on any atom is -0.475 e. The Morgan fingerprint density at radius 1 is 1.07 bits per heavy atom. The fourth-order valence-corrected chi connectivity index (χ4v) is 5.27. The molecule has 0 saturated carbocycles. The summed E-state index contributed by atoms with van der Waals surface area (Å²) < 4.78 is 35.5. The summed E-state index contributed by atoms with van der Waals surface area (Å²) in [5, 5.41) is 17.9. The van der Waals surface area contributed by atoms with Crippen molar-refractivity contribution in [3.05, 3.63) is 98.4 Å². The van der Waals surface area contributed by atoms with Gasteiger partial charge in [0.2, 0.25) is 0 Å². The SMILES string of the molecule is CC(C)CC(N)Cn1c(=O)c(-c2cn(Cc3ccc(C#N)cc3)c3ccccc23)nc2cc(Cl)c(Cl)cc21.O=C(O)C(F)(F)F. The number of hydrogen-bond donors (Lipinski definition) is 2. The van der Waals surface area contributed by atoms with Crippen LogP contribution in [0, 0.1) is 17.2 Å². The zero-order chi connectivity index (χ0) is 33.1. The quantitative estimate of drug-likeness (QED) is 0.190. The van der Waals surface area contributed by atoms with Crippen molar-refractivity contribution in [2.24, 2.45) is 11.7 Å². The van der Waals surface area contributed by atoms with Crippen LogP contribution in [-0.2, 0) is 17.9 Å². The van der Waals surface area contributed by atoms with E-state index < -0.39 is 12.1 Å². The predicted molar refractivity (Wildman–Crippen MR) is 168 cm³/mol. The maximum Gasteiger partial charge on any atom is 0.490 e. The predicted octanol–water partition coefficient (Wildman–Crippen LogP) is 7.25. The number of fused-ring (bicyclic) bond motifs is 2.